The van der Waals surface area contributed by atoms with Gasteiger partial charge in [0.2, 0.25) is 5.91 Å². The monoisotopic (exact) mass is 254 g/mol. The number of aliphatic hydroxyl groups excluding tert-OH is 2. The van der Waals surface area contributed by atoms with Gasteiger partial charge in [-0.05, 0) is 19.1 Å². The van der Waals surface area contributed by atoms with Crippen molar-refractivity contribution in [2.24, 2.45) is 0 Å². The number of amides is 1. The average molecular weight is 254 g/mol. The number of rotatable bonds is 4. The topological polar surface area (TPSA) is 85.9 Å². The summed E-state index contributed by atoms with van der Waals surface area (Å²) in [7, 11) is 0. The molecular formula is C12H18N2O4. The number of furan rings is 1. The van der Waals surface area contributed by atoms with Gasteiger partial charge in [-0.15, -0.1) is 0 Å². The first-order chi connectivity index (χ1) is 8.56. The molecule has 0 saturated carbocycles. The second kappa shape index (κ2) is 5.51. The van der Waals surface area contributed by atoms with Crippen molar-refractivity contribution in [3.8, 4) is 0 Å². The Morgan fingerprint density at radius 2 is 2.22 bits per heavy atom. The van der Waals surface area contributed by atoms with Crippen LogP contribution in [-0.4, -0.2) is 52.9 Å². The summed E-state index contributed by atoms with van der Waals surface area (Å²) >= 11 is 0. The van der Waals surface area contributed by atoms with E-state index in [0.29, 0.717) is 18.8 Å². The second-order valence-electron chi connectivity index (χ2n) is 4.63. The molecule has 1 aliphatic heterocycles. The Balaban J connectivity index is 1.79. The quantitative estimate of drug-likeness (QED) is 0.674. The van der Waals surface area contributed by atoms with Crippen LogP contribution in [0, 0.1) is 0 Å². The van der Waals surface area contributed by atoms with Gasteiger partial charge >= 0.3 is 0 Å². The second-order valence-corrected chi connectivity index (χ2v) is 4.63. The van der Waals surface area contributed by atoms with Crippen molar-refractivity contribution in [3.05, 3.63) is 24.2 Å². The highest BCUT2D eigenvalue weighted by Crippen LogP contribution is 2.13. The Labute approximate surface area is 105 Å². The maximum Gasteiger partial charge on any atom is 0.234 e. The van der Waals surface area contributed by atoms with E-state index in [2.05, 4.69) is 5.32 Å². The van der Waals surface area contributed by atoms with Crippen LogP contribution in [0.2, 0.25) is 0 Å². The lowest BCUT2D eigenvalue weighted by Crippen LogP contribution is -2.37. The van der Waals surface area contributed by atoms with Crippen LogP contribution in [0.4, 0.5) is 0 Å². The van der Waals surface area contributed by atoms with Crippen molar-refractivity contribution < 1.29 is 19.4 Å². The summed E-state index contributed by atoms with van der Waals surface area (Å²) in [6.07, 6.45) is 0.0335. The number of carbonyl (C=O) groups excluding carboxylic acids is 1. The number of likely N-dealkylation sites (tertiary alicyclic amines) is 1. The summed E-state index contributed by atoms with van der Waals surface area (Å²) < 4.78 is 5.19. The van der Waals surface area contributed by atoms with Crippen molar-refractivity contribution in [1.29, 1.82) is 0 Å². The van der Waals surface area contributed by atoms with Crippen molar-refractivity contribution in [2.45, 2.75) is 25.2 Å². The van der Waals surface area contributed by atoms with Crippen LogP contribution < -0.4 is 5.32 Å². The minimum Gasteiger partial charge on any atom is -0.467 e. The summed E-state index contributed by atoms with van der Waals surface area (Å²) in [5.41, 5.74) is 0. The lowest BCUT2D eigenvalue weighted by molar-refractivity contribution is -0.122. The molecule has 18 heavy (non-hydrogen) atoms. The van der Waals surface area contributed by atoms with Crippen molar-refractivity contribution in [3.63, 3.8) is 0 Å². The first kappa shape index (κ1) is 13.1. The molecule has 3 N–H and O–H groups in total. The molecule has 100 valence electrons. The third-order valence-electron chi connectivity index (χ3n) is 3.05. The van der Waals surface area contributed by atoms with Crippen LogP contribution in [0.15, 0.2) is 22.8 Å². The Kier molecular flexibility index (Phi) is 4.00. The Morgan fingerprint density at radius 1 is 1.56 bits per heavy atom. The van der Waals surface area contributed by atoms with Gasteiger partial charge in [0.1, 0.15) is 5.76 Å². The van der Waals surface area contributed by atoms with Gasteiger partial charge in [0.25, 0.3) is 0 Å². The molecule has 6 heteroatoms. The van der Waals surface area contributed by atoms with Gasteiger partial charge in [-0.2, -0.15) is 0 Å². The molecule has 2 heterocycles. The average Bonchev–Trinajstić information content (AvgIpc) is 2.89. The van der Waals surface area contributed by atoms with Gasteiger partial charge in [0.05, 0.1) is 31.1 Å². The number of hydrogen-bond donors (Lipinski definition) is 3. The Morgan fingerprint density at radius 3 is 2.78 bits per heavy atom. The number of β-amino-alcohol motifs (C(OH)–C–C–N with tert-alkyl or cyclic N) is 2. The molecule has 0 aromatic carbocycles. The number of nitrogens with zero attached hydrogens (tertiary/aromatic N) is 1. The molecule has 1 amide bonds. The van der Waals surface area contributed by atoms with E-state index in [1.807, 2.05) is 6.92 Å². The van der Waals surface area contributed by atoms with Crippen LogP contribution >= 0.6 is 0 Å². The fraction of sp³-hybridized carbons (Fsp3) is 0.583. The number of hydrogen-bond acceptors (Lipinski definition) is 5. The van der Waals surface area contributed by atoms with Gasteiger partial charge < -0.3 is 19.9 Å². The number of aliphatic hydroxyl groups is 2. The first-order valence-electron chi connectivity index (χ1n) is 5.97. The van der Waals surface area contributed by atoms with Crippen LogP contribution in [0.5, 0.6) is 0 Å². The summed E-state index contributed by atoms with van der Waals surface area (Å²) in [6.45, 7) is 2.65. The lowest BCUT2D eigenvalue weighted by atomic mass is 10.2. The molecule has 0 bridgehead atoms. The Bertz CT molecular complexity index is 383. The van der Waals surface area contributed by atoms with Crippen LogP contribution in [-0.2, 0) is 4.79 Å². The number of nitrogens with one attached hydrogen (secondary N) is 1. The molecule has 1 fully saturated rings. The van der Waals surface area contributed by atoms with Crippen molar-refractivity contribution >= 4 is 5.91 Å². The maximum absolute atomic E-state index is 11.8. The standard InChI is InChI=1S/C12H18N2O4/c1-8(11-3-2-4-18-11)13-12(17)7-14-5-9(15)10(16)6-14/h2-4,8-10,15-16H,5-7H2,1H3,(H,13,17). The van der Waals surface area contributed by atoms with E-state index in [4.69, 9.17) is 4.42 Å². The summed E-state index contributed by atoms with van der Waals surface area (Å²) in [6, 6.07) is 3.38. The SMILES string of the molecule is CC(NC(=O)CN1CC(O)C(O)C1)c1ccco1. The lowest BCUT2D eigenvalue weighted by Gasteiger charge is -2.16. The summed E-state index contributed by atoms with van der Waals surface area (Å²) in [5.74, 6) is 0.546. The molecule has 2 rings (SSSR count). The van der Waals surface area contributed by atoms with E-state index in [1.54, 1.807) is 23.3 Å². The van der Waals surface area contributed by atoms with Crippen molar-refractivity contribution in [1.82, 2.24) is 10.2 Å². The normalized spacial score (nSPS) is 26.2. The minimum absolute atomic E-state index is 0.153. The first-order valence-corrected chi connectivity index (χ1v) is 5.97. The van der Waals surface area contributed by atoms with E-state index < -0.39 is 12.2 Å². The zero-order valence-corrected chi connectivity index (χ0v) is 10.2. The van der Waals surface area contributed by atoms with Crippen LogP contribution in [0.25, 0.3) is 0 Å². The fourth-order valence-electron chi connectivity index (χ4n) is 2.08. The van der Waals surface area contributed by atoms with E-state index in [0.717, 1.165) is 0 Å². The zero-order chi connectivity index (χ0) is 13.1. The predicted octanol–water partition coefficient (Wildman–Crippen LogP) is -0.506. The van der Waals surface area contributed by atoms with Crippen LogP contribution in [0.3, 0.4) is 0 Å². The molecule has 3 unspecified atom stereocenters. The molecule has 0 radical (unpaired) electrons. The van der Waals surface area contributed by atoms with E-state index >= 15 is 0 Å². The Hall–Kier alpha value is -1.37. The van der Waals surface area contributed by atoms with Gasteiger partial charge in [0.15, 0.2) is 0 Å². The van der Waals surface area contributed by atoms with Crippen molar-refractivity contribution in [2.75, 3.05) is 19.6 Å². The zero-order valence-electron chi connectivity index (χ0n) is 10.2. The molecule has 3 atom stereocenters. The summed E-state index contributed by atoms with van der Waals surface area (Å²) in [5, 5.41) is 21.6. The molecule has 1 aromatic rings. The van der Waals surface area contributed by atoms with E-state index in [1.165, 1.54) is 0 Å². The molecule has 1 saturated heterocycles. The largest absolute Gasteiger partial charge is 0.467 e. The molecular weight excluding hydrogens is 236 g/mol. The predicted molar refractivity (Wildman–Crippen MR) is 63.7 cm³/mol. The minimum atomic E-state index is -0.764. The van der Waals surface area contributed by atoms with Gasteiger partial charge in [-0.3, -0.25) is 9.69 Å². The molecule has 1 aromatic heterocycles. The highest BCUT2D eigenvalue weighted by molar-refractivity contribution is 5.78. The van der Waals surface area contributed by atoms with E-state index in [9.17, 15) is 15.0 Å². The van der Waals surface area contributed by atoms with Gasteiger partial charge in [-0.1, -0.05) is 0 Å². The third kappa shape index (κ3) is 3.10. The third-order valence-corrected chi connectivity index (χ3v) is 3.05. The molecule has 1 aliphatic rings. The highest BCUT2D eigenvalue weighted by atomic mass is 16.3. The van der Waals surface area contributed by atoms with Gasteiger partial charge in [0, 0.05) is 13.1 Å². The fourth-order valence-corrected chi connectivity index (χ4v) is 2.08. The van der Waals surface area contributed by atoms with Gasteiger partial charge in [-0.25, -0.2) is 0 Å². The van der Waals surface area contributed by atoms with E-state index in [-0.39, 0.29) is 18.5 Å². The highest BCUT2D eigenvalue weighted by Gasteiger charge is 2.30. The molecule has 0 aliphatic carbocycles. The molecule has 6 nitrogen and oxygen atoms in total. The molecule has 0 spiro atoms. The van der Waals surface area contributed by atoms with Crippen LogP contribution in [0.1, 0.15) is 18.7 Å². The summed E-state index contributed by atoms with van der Waals surface area (Å²) in [4.78, 5) is 13.5. The smallest absolute Gasteiger partial charge is 0.234 e. The number of carbonyl (C=O) groups is 1. The maximum atomic E-state index is 11.8.